The Balaban J connectivity index is 1.27. The number of fused-ring (bicyclic) bond motifs is 1. The van der Waals surface area contributed by atoms with Gasteiger partial charge in [0, 0.05) is 50.7 Å². The summed E-state index contributed by atoms with van der Waals surface area (Å²) in [5.74, 6) is 0.493. The molecule has 6 rings (SSSR count). The zero-order valence-electron chi connectivity index (χ0n) is 24.6. The fraction of sp³-hybridized carbons (Fsp3) is 0.433. The first-order chi connectivity index (χ1) is 19.9. The van der Waals surface area contributed by atoms with Crippen LogP contribution in [0.25, 0.3) is 22.3 Å². The summed E-state index contributed by atoms with van der Waals surface area (Å²) in [6.45, 7) is 13.3. The Labute approximate surface area is 247 Å². The lowest BCUT2D eigenvalue weighted by Crippen LogP contribution is -2.73. The highest BCUT2D eigenvalue weighted by molar-refractivity contribution is 7.16. The van der Waals surface area contributed by atoms with E-state index in [1.807, 2.05) is 51.2 Å². The minimum absolute atomic E-state index is 0.0802. The highest BCUT2D eigenvalue weighted by Crippen LogP contribution is 2.45. The number of halogens is 1. The maximum absolute atomic E-state index is 13.5. The smallest absolute Gasteiger partial charge is 0.410 e. The number of ether oxygens (including phenoxy) is 1. The highest BCUT2D eigenvalue weighted by Gasteiger charge is 2.54. The summed E-state index contributed by atoms with van der Waals surface area (Å²) in [5.41, 5.74) is 3.37. The lowest BCUT2D eigenvalue weighted by molar-refractivity contribution is -0.0453. The molecule has 2 aliphatic rings. The van der Waals surface area contributed by atoms with E-state index in [0.717, 1.165) is 35.7 Å². The summed E-state index contributed by atoms with van der Waals surface area (Å²) in [5, 5.41) is 16.1. The number of benzene rings is 1. The van der Waals surface area contributed by atoms with Crippen molar-refractivity contribution in [3.63, 3.8) is 0 Å². The van der Waals surface area contributed by atoms with E-state index in [0.29, 0.717) is 46.5 Å². The van der Waals surface area contributed by atoms with E-state index in [-0.39, 0.29) is 17.3 Å². The third kappa shape index (κ3) is 4.81. The van der Waals surface area contributed by atoms with Gasteiger partial charge in [-0.3, -0.25) is 0 Å². The normalized spacial score (nSPS) is 15.9. The molecule has 3 aromatic heterocycles. The molecule has 12 heteroatoms. The van der Waals surface area contributed by atoms with Gasteiger partial charge in [-0.15, -0.1) is 0 Å². The highest BCUT2D eigenvalue weighted by atomic mass is 32.1. The van der Waals surface area contributed by atoms with Crippen LogP contribution in [0.1, 0.15) is 38.3 Å². The quantitative estimate of drug-likeness (QED) is 0.292. The molecule has 0 unspecified atom stereocenters. The van der Waals surface area contributed by atoms with Gasteiger partial charge in [0.15, 0.2) is 10.8 Å². The maximum atomic E-state index is 13.5. The second-order valence-electron chi connectivity index (χ2n) is 12.1. The van der Waals surface area contributed by atoms with Crippen LogP contribution in [0.15, 0.2) is 30.3 Å². The standard InChI is InChI=1S/C30H33FN8O2S/c1-7-39-26(36(6)27-34-24(23(13-32)42-27)19-8-10-20(31)11-9-19)21-12-22(18(2)33-25(21)35-39)37-14-30(15-37)16-38(17-30)28(40)41-29(3,4)5/h8-12H,7,14-17H2,1-6H3. The number of carbonyl (C=O) groups excluding carboxylic acids is 1. The van der Waals surface area contributed by atoms with E-state index in [2.05, 4.69) is 17.0 Å². The van der Waals surface area contributed by atoms with Crippen molar-refractivity contribution in [2.45, 2.75) is 46.8 Å². The van der Waals surface area contributed by atoms with Crippen molar-refractivity contribution in [2.24, 2.45) is 5.41 Å². The van der Waals surface area contributed by atoms with Crippen LogP contribution in [-0.2, 0) is 11.3 Å². The molecule has 1 amide bonds. The topological polar surface area (TPSA) is 103 Å². The van der Waals surface area contributed by atoms with E-state index >= 15 is 0 Å². The van der Waals surface area contributed by atoms with Gasteiger partial charge in [0.25, 0.3) is 0 Å². The zero-order chi connectivity index (χ0) is 30.0. The van der Waals surface area contributed by atoms with E-state index in [1.54, 1.807) is 17.0 Å². The van der Waals surface area contributed by atoms with Crippen molar-refractivity contribution in [3.8, 4) is 17.3 Å². The fourth-order valence-electron chi connectivity index (χ4n) is 5.79. The number of anilines is 3. The second kappa shape index (κ2) is 9.94. The first kappa shape index (κ1) is 27.9. The molecule has 0 saturated carbocycles. The Kier molecular flexibility index (Phi) is 6.61. The molecule has 0 atom stereocenters. The third-order valence-corrected chi connectivity index (χ3v) is 8.74. The molecular formula is C30H33FN8O2S. The molecule has 0 bridgehead atoms. The number of aryl methyl sites for hydroxylation is 2. The number of nitriles is 1. The van der Waals surface area contributed by atoms with Crippen molar-refractivity contribution in [3.05, 3.63) is 46.7 Å². The largest absolute Gasteiger partial charge is 0.444 e. The Bertz CT molecular complexity index is 1720. The lowest BCUT2D eigenvalue weighted by atomic mass is 9.72. The molecule has 42 heavy (non-hydrogen) atoms. The Morgan fingerprint density at radius 3 is 2.50 bits per heavy atom. The summed E-state index contributed by atoms with van der Waals surface area (Å²) >= 11 is 1.28. The van der Waals surface area contributed by atoms with E-state index < -0.39 is 5.60 Å². The molecule has 0 N–H and O–H groups in total. The van der Waals surface area contributed by atoms with Crippen LogP contribution in [0, 0.1) is 29.5 Å². The minimum atomic E-state index is -0.505. The van der Waals surface area contributed by atoms with E-state index in [1.165, 1.54) is 23.5 Å². The fourth-order valence-corrected chi connectivity index (χ4v) is 6.64. The van der Waals surface area contributed by atoms with Gasteiger partial charge in [-0.05, 0) is 65.0 Å². The molecule has 1 spiro atoms. The predicted molar refractivity (Wildman–Crippen MR) is 161 cm³/mol. The third-order valence-electron chi connectivity index (χ3n) is 7.70. The van der Waals surface area contributed by atoms with Crippen LogP contribution < -0.4 is 9.80 Å². The monoisotopic (exact) mass is 588 g/mol. The molecule has 10 nitrogen and oxygen atoms in total. The predicted octanol–water partition coefficient (Wildman–Crippen LogP) is 5.72. The van der Waals surface area contributed by atoms with Crippen LogP contribution in [0.2, 0.25) is 0 Å². The number of aromatic nitrogens is 4. The van der Waals surface area contributed by atoms with Gasteiger partial charge in [0.1, 0.15) is 33.9 Å². The van der Waals surface area contributed by atoms with Crippen molar-refractivity contribution >= 4 is 45.1 Å². The summed E-state index contributed by atoms with van der Waals surface area (Å²) in [7, 11) is 1.91. The van der Waals surface area contributed by atoms with Crippen LogP contribution in [-0.4, -0.2) is 69.6 Å². The molecule has 4 aromatic rings. The average Bonchev–Trinajstić information content (AvgIpc) is 3.47. The molecule has 218 valence electrons. The number of rotatable bonds is 5. The van der Waals surface area contributed by atoms with Crippen molar-refractivity contribution < 1.29 is 13.9 Å². The molecule has 5 heterocycles. The Morgan fingerprint density at radius 2 is 1.88 bits per heavy atom. The van der Waals surface area contributed by atoms with E-state index in [9.17, 15) is 14.4 Å². The van der Waals surface area contributed by atoms with Crippen LogP contribution in [0.3, 0.4) is 0 Å². The lowest BCUT2D eigenvalue weighted by Gasteiger charge is -2.60. The average molecular weight is 589 g/mol. The first-order valence-corrected chi connectivity index (χ1v) is 14.7. The van der Waals surface area contributed by atoms with Gasteiger partial charge >= 0.3 is 6.09 Å². The maximum Gasteiger partial charge on any atom is 0.410 e. The molecule has 0 aliphatic carbocycles. The summed E-state index contributed by atoms with van der Waals surface area (Å²) in [6, 6.07) is 10.4. The number of thiazole rings is 1. The number of carbonyl (C=O) groups is 1. The molecule has 0 radical (unpaired) electrons. The zero-order valence-corrected chi connectivity index (χ0v) is 25.4. The van der Waals surface area contributed by atoms with E-state index in [4.69, 9.17) is 19.8 Å². The van der Waals surface area contributed by atoms with Gasteiger partial charge < -0.3 is 19.4 Å². The van der Waals surface area contributed by atoms with Crippen LogP contribution >= 0.6 is 11.3 Å². The molecule has 2 saturated heterocycles. The summed E-state index contributed by atoms with van der Waals surface area (Å²) in [6.07, 6.45) is -0.255. The van der Waals surface area contributed by atoms with Gasteiger partial charge in [-0.2, -0.15) is 10.4 Å². The van der Waals surface area contributed by atoms with Gasteiger partial charge in [-0.1, -0.05) is 11.3 Å². The summed E-state index contributed by atoms with van der Waals surface area (Å²) in [4.78, 5) is 28.6. The van der Waals surface area contributed by atoms with Crippen LogP contribution in [0.4, 0.5) is 25.8 Å². The van der Waals surface area contributed by atoms with Crippen LogP contribution in [0.5, 0.6) is 0 Å². The Hall–Kier alpha value is -4.24. The summed E-state index contributed by atoms with van der Waals surface area (Å²) < 4.78 is 20.9. The Morgan fingerprint density at radius 1 is 1.19 bits per heavy atom. The van der Waals surface area contributed by atoms with Gasteiger partial charge in [0.05, 0.1) is 16.8 Å². The molecule has 2 fully saturated rings. The number of amides is 1. The number of nitrogens with zero attached hydrogens (tertiary/aromatic N) is 8. The van der Waals surface area contributed by atoms with Crippen molar-refractivity contribution in [1.29, 1.82) is 5.26 Å². The number of likely N-dealkylation sites (tertiary alicyclic amines) is 1. The second-order valence-corrected chi connectivity index (χ2v) is 13.1. The van der Waals surface area contributed by atoms with Crippen molar-refractivity contribution in [2.75, 3.05) is 43.0 Å². The molecule has 2 aliphatic heterocycles. The minimum Gasteiger partial charge on any atom is -0.444 e. The number of pyridine rings is 1. The number of hydrogen-bond acceptors (Lipinski definition) is 9. The van der Waals surface area contributed by atoms with Gasteiger partial charge in [0.2, 0.25) is 0 Å². The first-order valence-electron chi connectivity index (χ1n) is 13.9. The molecule has 1 aromatic carbocycles. The number of hydrogen-bond donors (Lipinski definition) is 0. The van der Waals surface area contributed by atoms with Crippen molar-refractivity contribution in [1.82, 2.24) is 24.6 Å². The molecular weight excluding hydrogens is 555 g/mol. The SMILES string of the molecule is CCn1nc2nc(C)c(N3CC4(CN(C(=O)OC(C)(C)C)C4)C3)cc2c1N(C)c1nc(-c2ccc(F)cc2)c(C#N)s1. The van der Waals surface area contributed by atoms with Gasteiger partial charge in [-0.25, -0.2) is 23.8 Å².